The van der Waals surface area contributed by atoms with Gasteiger partial charge in [0.05, 0.1) is 0 Å². The van der Waals surface area contributed by atoms with Gasteiger partial charge in [0.1, 0.15) is 5.76 Å². The van der Waals surface area contributed by atoms with Crippen molar-refractivity contribution in [3.63, 3.8) is 0 Å². The largest absolute Gasteiger partial charge is 0.511 e. The SMILES string of the molecule is CC1(C)CCC(CC(O)=C2C(=O)OC(C)(C)OC2=O)CC1. The first-order chi connectivity index (χ1) is 9.60. The lowest BCUT2D eigenvalue weighted by Gasteiger charge is -2.34. The molecule has 1 saturated heterocycles. The predicted molar refractivity (Wildman–Crippen MR) is 76.3 cm³/mol. The van der Waals surface area contributed by atoms with E-state index in [-0.39, 0.29) is 11.3 Å². The first-order valence-corrected chi connectivity index (χ1v) is 7.48. The van der Waals surface area contributed by atoms with Gasteiger partial charge in [-0.15, -0.1) is 0 Å². The summed E-state index contributed by atoms with van der Waals surface area (Å²) in [6.07, 6.45) is 4.47. The Bertz CT molecular complexity index is 455. The zero-order valence-corrected chi connectivity index (χ0v) is 13.2. The monoisotopic (exact) mass is 296 g/mol. The van der Waals surface area contributed by atoms with E-state index in [1.54, 1.807) is 0 Å². The zero-order chi connectivity index (χ0) is 15.8. The standard InChI is InChI=1S/C16H24O5/c1-15(2)7-5-10(6-8-15)9-11(17)12-13(18)20-16(3,4)21-14(12)19/h10,17H,5-9H2,1-4H3. The average Bonchev–Trinajstić information content (AvgIpc) is 2.29. The van der Waals surface area contributed by atoms with E-state index in [4.69, 9.17) is 9.47 Å². The van der Waals surface area contributed by atoms with Gasteiger partial charge in [-0.25, -0.2) is 9.59 Å². The summed E-state index contributed by atoms with van der Waals surface area (Å²) >= 11 is 0. The Labute approximate surface area is 125 Å². The van der Waals surface area contributed by atoms with Crippen molar-refractivity contribution in [1.82, 2.24) is 0 Å². The van der Waals surface area contributed by atoms with Gasteiger partial charge in [0, 0.05) is 20.3 Å². The minimum atomic E-state index is -1.27. The molecule has 2 fully saturated rings. The predicted octanol–water partition coefficient (Wildman–Crippen LogP) is 3.24. The molecule has 0 spiro atoms. The summed E-state index contributed by atoms with van der Waals surface area (Å²) in [5.74, 6) is -2.78. The van der Waals surface area contributed by atoms with Gasteiger partial charge >= 0.3 is 11.9 Å². The van der Waals surface area contributed by atoms with Gasteiger partial charge in [-0.3, -0.25) is 0 Å². The van der Waals surface area contributed by atoms with E-state index < -0.39 is 17.7 Å². The summed E-state index contributed by atoms with van der Waals surface area (Å²) in [5, 5.41) is 10.1. The fourth-order valence-electron chi connectivity index (χ4n) is 2.93. The molecule has 21 heavy (non-hydrogen) atoms. The minimum absolute atomic E-state index is 0.204. The molecule has 0 aromatic heterocycles. The van der Waals surface area contributed by atoms with E-state index in [0.29, 0.717) is 17.8 Å². The molecule has 0 radical (unpaired) electrons. The Morgan fingerprint density at radius 1 is 1.10 bits per heavy atom. The van der Waals surface area contributed by atoms with Crippen molar-refractivity contribution in [2.75, 3.05) is 0 Å². The molecule has 118 valence electrons. The topological polar surface area (TPSA) is 72.8 Å². The Morgan fingerprint density at radius 2 is 1.57 bits per heavy atom. The highest BCUT2D eigenvalue weighted by molar-refractivity contribution is 6.15. The average molecular weight is 296 g/mol. The maximum atomic E-state index is 11.9. The summed E-state index contributed by atoms with van der Waals surface area (Å²) in [7, 11) is 0. The number of esters is 2. The lowest BCUT2D eigenvalue weighted by atomic mass is 9.72. The van der Waals surface area contributed by atoms with Crippen LogP contribution in [0.1, 0.15) is 59.8 Å². The number of allylic oxidation sites excluding steroid dienone is 1. The molecule has 0 aromatic carbocycles. The van der Waals surface area contributed by atoms with Crippen LogP contribution in [0.15, 0.2) is 11.3 Å². The van der Waals surface area contributed by atoms with E-state index in [0.717, 1.165) is 25.7 Å². The third-order valence-electron chi connectivity index (χ3n) is 4.31. The molecular formula is C16H24O5. The van der Waals surface area contributed by atoms with Crippen LogP contribution < -0.4 is 0 Å². The number of hydrogen-bond acceptors (Lipinski definition) is 5. The highest BCUT2D eigenvalue weighted by Gasteiger charge is 2.41. The summed E-state index contributed by atoms with van der Waals surface area (Å²) < 4.78 is 10.0. The van der Waals surface area contributed by atoms with Crippen molar-refractivity contribution in [3.05, 3.63) is 11.3 Å². The van der Waals surface area contributed by atoms with Crippen molar-refractivity contribution < 1.29 is 24.2 Å². The molecule has 2 aliphatic rings. The maximum Gasteiger partial charge on any atom is 0.352 e. The Morgan fingerprint density at radius 3 is 2.05 bits per heavy atom. The van der Waals surface area contributed by atoms with Crippen LogP contribution in [0, 0.1) is 11.3 Å². The van der Waals surface area contributed by atoms with Gasteiger partial charge in [-0.2, -0.15) is 0 Å². The van der Waals surface area contributed by atoms with Gasteiger partial charge in [-0.05, 0) is 37.0 Å². The highest BCUT2D eigenvalue weighted by Crippen LogP contribution is 2.40. The number of aliphatic hydroxyl groups is 1. The van der Waals surface area contributed by atoms with Gasteiger partial charge in [0.15, 0.2) is 5.57 Å². The van der Waals surface area contributed by atoms with Crippen molar-refractivity contribution in [1.29, 1.82) is 0 Å². The summed E-state index contributed by atoms with van der Waals surface area (Å²) in [6, 6.07) is 0. The zero-order valence-electron chi connectivity index (χ0n) is 13.2. The fourth-order valence-corrected chi connectivity index (χ4v) is 2.93. The number of carbonyl (C=O) groups is 2. The molecule has 1 saturated carbocycles. The van der Waals surface area contributed by atoms with Crippen molar-refractivity contribution in [2.24, 2.45) is 11.3 Å². The van der Waals surface area contributed by atoms with E-state index in [1.807, 2.05) is 0 Å². The number of hydrogen-bond donors (Lipinski definition) is 1. The second-order valence-electron chi connectivity index (χ2n) is 7.31. The van der Waals surface area contributed by atoms with Crippen molar-refractivity contribution in [2.45, 2.75) is 65.6 Å². The first-order valence-electron chi connectivity index (χ1n) is 7.48. The number of aliphatic hydroxyl groups excluding tert-OH is 1. The molecular weight excluding hydrogens is 272 g/mol. The number of cyclic esters (lactones) is 2. The van der Waals surface area contributed by atoms with Crippen LogP contribution in [0.4, 0.5) is 0 Å². The molecule has 1 heterocycles. The summed E-state index contributed by atoms with van der Waals surface area (Å²) in [4.78, 5) is 23.7. The second-order valence-corrected chi connectivity index (χ2v) is 7.31. The van der Waals surface area contributed by atoms with E-state index in [9.17, 15) is 14.7 Å². The number of ether oxygens (including phenoxy) is 2. The lowest BCUT2D eigenvalue weighted by molar-refractivity contribution is -0.222. The van der Waals surface area contributed by atoms with Gasteiger partial charge in [0.2, 0.25) is 0 Å². The molecule has 2 rings (SSSR count). The highest BCUT2D eigenvalue weighted by atomic mass is 16.7. The summed E-state index contributed by atoms with van der Waals surface area (Å²) in [5.41, 5.74) is -0.00873. The van der Waals surface area contributed by atoms with Crippen LogP contribution in [0.2, 0.25) is 0 Å². The van der Waals surface area contributed by atoms with E-state index in [1.165, 1.54) is 13.8 Å². The van der Waals surface area contributed by atoms with Crippen LogP contribution >= 0.6 is 0 Å². The third-order valence-corrected chi connectivity index (χ3v) is 4.31. The second kappa shape index (κ2) is 5.35. The Balaban J connectivity index is 2.06. The van der Waals surface area contributed by atoms with E-state index in [2.05, 4.69) is 13.8 Å². The quantitative estimate of drug-likeness (QED) is 0.366. The molecule has 0 aromatic rings. The molecule has 5 nitrogen and oxygen atoms in total. The molecule has 1 aliphatic heterocycles. The van der Waals surface area contributed by atoms with Crippen LogP contribution in [0.25, 0.3) is 0 Å². The molecule has 5 heteroatoms. The fraction of sp³-hybridized carbons (Fsp3) is 0.750. The smallest absolute Gasteiger partial charge is 0.352 e. The van der Waals surface area contributed by atoms with Crippen LogP contribution in [0.5, 0.6) is 0 Å². The molecule has 1 aliphatic carbocycles. The van der Waals surface area contributed by atoms with Crippen molar-refractivity contribution in [3.8, 4) is 0 Å². The number of carbonyl (C=O) groups excluding carboxylic acids is 2. The van der Waals surface area contributed by atoms with Gasteiger partial charge in [-0.1, -0.05) is 13.8 Å². The molecule has 0 atom stereocenters. The lowest BCUT2D eigenvalue weighted by Crippen LogP contribution is -2.42. The normalized spacial score (nSPS) is 25.2. The van der Waals surface area contributed by atoms with E-state index >= 15 is 0 Å². The van der Waals surface area contributed by atoms with Crippen LogP contribution in [-0.4, -0.2) is 22.8 Å². The van der Waals surface area contributed by atoms with Gasteiger partial charge < -0.3 is 14.6 Å². The minimum Gasteiger partial charge on any atom is -0.511 e. The first kappa shape index (κ1) is 15.9. The third kappa shape index (κ3) is 3.77. The Hall–Kier alpha value is -1.52. The molecule has 1 N–H and O–H groups in total. The molecule has 0 amide bonds. The maximum absolute atomic E-state index is 11.9. The van der Waals surface area contributed by atoms with Crippen molar-refractivity contribution >= 4 is 11.9 Å². The number of rotatable bonds is 2. The van der Waals surface area contributed by atoms with Gasteiger partial charge in [0.25, 0.3) is 5.79 Å². The molecule has 0 bridgehead atoms. The molecule has 0 unspecified atom stereocenters. The van der Waals surface area contributed by atoms with Crippen LogP contribution in [0.3, 0.4) is 0 Å². The Kier molecular flexibility index (Phi) is 4.04. The van der Waals surface area contributed by atoms with Crippen LogP contribution in [-0.2, 0) is 19.1 Å². The summed E-state index contributed by atoms with van der Waals surface area (Å²) in [6.45, 7) is 7.44.